The summed E-state index contributed by atoms with van der Waals surface area (Å²) in [5.74, 6) is 0.532. The Kier molecular flexibility index (Phi) is 7.20. The maximum atomic E-state index is 11.9. The number of thiazole rings is 1. The molecule has 0 saturated heterocycles. The second kappa shape index (κ2) is 10.5. The number of carbonyl (C=O) groups is 1. The van der Waals surface area contributed by atoms with Crippen molar-refractivity contribution in [3.8, 4) is 22.4 Å². The summed E-state index contributed by atoms with van der Waals surface area (Å²) in [5.41, 5.74) is 5.48. The first kappa shape index (κ1) is 25.3. The minimum Gasteiger partial charge on any atom is -0.465 e. The van der Waals surface area contributed by atoms with Crippen LogP contribution in [0, 0.1) is 0 Å². The molecule has 0 amide bonds. The molecule has 0 atom stereocenters. The lowest BCUT2D eigenvalue weighted by atomic mass is 10.0. The van der Waals surface area contributed by atoms with Crippen molar-refractivity contribution < 1.29 is 14.1 Å². The molecular weight excluding hydrogens is 529 g/mol. The summed E-state index contributed by atoms with van der Waals surface area (Å²) in [6.45, 7) is 4.55. The third-order valence-corrected chi connectivity index (χ3v) is 7.57. The summed E-state index contributed by atoms with van der Waals surface area (Å²) in [5, 5.41) is 9.55. The van der Waals surface area contributed by atoms with E-state index in [0.717, 1.165) is 37.8 Å². The Hall–Kier alpha value is -3.39. The molecular formula is C28H23Cl2N3O3S. The zero-order valence-corrected chi connectivity index (χ0v) is 22.7. The summed E-state index contributed by atoms with van der Waals surface area (Å²) in [6, 6.07) is 18.8. The average Bonchev–Trinajstić information content (AvgIpc) is 3.50. The summed E-state index contributed by atoms with van der Waals surface area (Å²) >= 11 is 14.5. The Bertz CT molecular complexity index is 1590. The molecule has 2 heterocycles. The number of ether oxygens (including phenoxy) is 1. The third-order valence-electron chi connectivity index (χ3n) is 5.96. The second-order valence-corrected chi connectivity index (χ2v) is 10.6. The number of nitrogens with one attached hydrogen (secondary N) is 1. The largest absolute Gasteiger partial charge is 0.465 e. The van der Waals surface area contributed by atoms with Crippen molar-refractivity contribution in [1.29, 1.82) is 0 Å². The summed E-state index contributed by atoms with van der Waals surface area (Å²) in [7, 11) is 1.38. The molecule has 0 radical (unpaired) electrons. The van der Waals surface area contributed by atoms with Crippen molar-refractivity contribution in [2.75, 3.05) is 12.4 Å². The molecule has 0 unspecified atom stereocenters. The molecule has 1 N–H and O–H groups in total. The van der Waals surface area contributed by atoms with Gasteiger partial charge in [-0.2, -0.15) is 0 Å². The van der Waals surface area contributed by atoms with Crippen LogP contribution in [0.25, 0.3) is 32.6 Å². The number of aromatic nitrogens is 2. The van der Waals surface area contributed by atoms with E-state index in [1.165, 1.54) is 7.11 Å². The van der Waals surface area contributed by atoms with E-state index in [0.29, 0.717) is 33.4 Å². The number of carbonyl (C=O) groups excluding carboxylic acids is 1. The van der Waals surface area contributed by atoms with Gasteiger partial charge in [-0.15, -0.1) is 0 Å². The predicted octanol–water partition coefficient (Wildman–Crippen LogP) is 8.45. The van der Waals surface area contributed by atoms with Crippen molar-refractivity contribution in [1.82, 2.24) is 10.1 Å². The first-order chi connectivity index (χ1) is 17.9. The van der Waals surface area contributed by atoms with Crippen LogP contribution in [0.5, 0.6) is 0 Å². The van der Waals surface area contributed by atoms with Crippen LogP contribution in [0.15, 0.2) is 65.2 Å². The van der Waals surface area contributed by atoms with E-state index in [1.807, 2.05) is 30.3 Å². The first-order valence-electron chi connectivity index (χ1n) is 11.6. The number of halogens is 2. The lowest BCUT2D eigenvalue weighted by molar-refractivity contribution is 0.0601. The number of esters is 1. The Labute approximate surface area is 228 Å². The first-order valence-corrected chi connectivity index (χ1v) is 13.2. The van der Waals surface area contributed by atoms with Crippen LogP contribution in [0.3, 0.4) is 0 Å². The molecule has 5 rings (SSSR count). The molecule has 0 aliphatic rings. The van der Waals surface area contributed by atoms with E-state index in [9.17, 15) is 4.79 Å². The van der Waals surface area contributed by atoms with Gasteiger partial charge in [0, 0.05) is 23.6 Å². The number of benzene rings is 3. The minimum absolute atomic E-state index is 0.123. The molecule has 0 saturated carbocycles. The number of fused-ring (bicyclic) bond motifs is 1. The zero-order chi connectivity index (χ0) is 26.1. The van der Waals surface area contributed by atoms with Crippen LogP contribution in [0.1, 0.15) is 41.4 Å². The van der Waals surface area contributed by atoms with Gasteiger partial charge in [0.2, 0.25) is 0 Å². The number of hydrogen-bond acceptors (Lipinski definition) is 7. The van der Waals surface area contributed by atoms with E-state index >= 15 is 0 Å². The van der Waals surface area contributed by atoms with Gasteiger partial charge < -0.3 is 14.6 Å². The molecule has 0 spiro atoms. The van der Waals surface area contributed by atoms with Crippen LogP contribution in [0.2, 0.25) is 10.0 Å². The number of methoxy groups -OCH3 is 1. The molecule has 0 fully saturated rings. The highest BCUT2D eigenvalue weighted by molar-refractivity contribution is 7.22. The van der Waals surface area contributed by atoms with Gasteiger partial charge in [0.15, 0.2) is 5.13 Å². The van der Waals surface area contributed by atoms with Gasteiger partial charge in [-0.1, -0.05) is 77.8 Å². The van der Waals surface area contributed by atoms with Crippen LogP contribution in [0.4, 0.5) is 5.13 Å². The highest BCUT2D eigenvalue weighted by atomic mass is 35.5. The summed E-state index contributed by atoms with van der Waals surface area (Å²) in [6.07, 6.45) is 0. The molecule has 2 aromatic heterocycles. The number of rotatable bonds is 7. The lowest BCUT2D eigenvalue weighted by Crippen LogP contribution is -2.03. The van der Waals surface area contributed by atoms with E-state index in [-0.39, 0.29) is 11.9 Å². The van der Waals surface area contributed by atoms with Gasteiger partial charge in [-0.3, -0.25) is 0 Å². The highest BCUT2D eigenvalue weighted by Crippen LogP contribution is 2.39. The maximum Gasteiger partial charge on any atom is 0.337 e. The van der Waals surface area contributed by atoms with Gasteiger partial charge in [0.1, 0.15) is 11.5 Å². The summed E-state index contributed by atoms with van der Waals surface area (Å²) < 4.78 is 11.6. The lowest BCUT2D eigenvalue weighted by Gasteiger charge is -2.09. The number of anilines is 1. The van der Waals surface area contributed by atoms with E-state index in [2.05, 4.69) is 30.4 Å². The number of nitrogens with zero attached hydrogens (tertiary/aromatic N) is 2. The Balaban J connectivity index is 1.44. The van der Waals surface area contributed by atoms with Gasteiger partial charge in [-0.25, -0.2) is 9.78 Å². The monoisotopic (exact) mass is 551 g/mol. The molecule has 0 aliphatic carbocycles. The standard InChI is InChI=1S/C28H23Cl2N3O3S/c1-15(2)26-19(25(33-36-26)24-20(29)8-5-9-21(24)30)14-31-28-32-22-11-10-17(13-23(22)37-28)16-6-4-7-18(12-16)27(34)35-3/h4-13,15H,14H2,1-3H3,(H,31,32). The molecule has 0 aliphatic heterocycles. The van der Waals surface area contributed by atoms with Gasteiger partial charge in [0.25, 0.3) is 0 Å². The Morgan fingerprint density at radius 2 is 1.78 bits per heavy atom. The average molecular weight is 552 g/mol. The molecule has 37 heavy (non-hydrogen) atoms. The summed E-state index contributed by atoms with van der Waals surface area (Å²) in [4.78, 5) is 16.7. The number of hydrogen-bond donors (Lipinski definition) is 1. The Morgan fingerprint density at radius 3 is 2.51 bits per heavy atom. The quantitative estimate of drug-likeness (QED) is 0.204. The van der Waals surface area contributed by atoms with Crippen molar-refractivity contribution in [3.63, 3.8) is 0 Å². The zero-order valence-electron chi connectivity index (χ0n) is 20.3. The minimum atomic E-state index is -0.362. The van der Waals surface area contributed by atoms with E-state index in [4.69, 9.17) is 37.4 Å². The SMILES string of the molecule is COC(=O)c1cccc(-c2ccc3nc(NCc4c(-c5c(Cl)cccc5Cl)noc4C(C)C)sc3c2)c1. The third kappa shape index (κ3) is 5.07. The van der Waals surface area contributed by atoms with Crippen LogP contribution >= 0.6 is 34.5 Å². The van der Waals surface area contributed by atoms with Crippen molar-refractivity contribution >= 4 is 55.9 Å². The van der Waals surface area contributed by atoms with Crippen LogP contribution < -0.4 is 5.32 Å². The fourth-order valence-corrected chi connectivity index (χ4v) is 5.63. The molecule has 5 aromatic rings. The van der Waals surface area contributed by atoms with Gasteiger partial charge in [0.05, 0.1) is 32.9 Å². The van der Waals surface area contributed by atoms with Gasteiger partial charge >= 0.3 is 5.97 Å². The second-order valence-electron chi connectivity index (χ2n) is 8.75. The molecule has 6 nitrogen and oxygen atoms in total. The van der Waals surface area contributed by atoms with E-state index < -0.39 is 0 Å². The topological polar surface area (TPSA) is 77.2 Å². The van der Waals surface area contributed by atoms with Crippen LogP contribution in [-0.4, -0.2) is 23.2 Å². The van der Waals surface area contributed by atoms with Crippen molar-refractivity contribution in [2.45, 2.75) is 26.3 Å². The molecule has 0 bridgehead atoms. The Morgan fingerprint density at radius 1 is 1.05 bits per heavy atom. The fraction of sp³-hybridized carbons (Fsp3) is 0.179. The molecule has 3 aromatic carbocycles. The smallest absolute Gasteiger partial charge is 0.337 e. The maximum absolute atomic E-state index is 11.9. The van der Waals surface area contributed by atoms with Crippen molar-refractivity contribution in [2.24, 2.45) is 0 Å². The van der Waals surface area contributed by atoms with Crippen molar-refractivity contribution in [3.05, 3.63) is 87.6 Å². The van der Waals surface area contributed by atoms with Crippen LogP contribution in [-0.2, 0) is 11.3 Å². The fourth-order valence-electron chi connectivity index (χ4n) is 4.15. The predicted molar refractivity (Wildman–Crippen MR) is 150 cm³/mol. The van der Waals surface area contributed by atoms with E-state index in [1.54, 1.807) is 35.6 Å². The molecule has 9 heteroatoms. The molecule has 188 valence electrons. The van der Waals surface area contributed by atoms with Gasteiger partial charge in [-0.05, 0) is 47.5 Å². The highest BCUT2D eigenvalue weighted by Gasteiger charge is 2.23. The normalized spacial score (nSPS) is 11.3.